The summed E-state index contributed by atoms with van der Waals surface area (Å²) in [6.45, 7) is 7.50. The number of nitrogens with one attached hydrogen (secondary N) is 1. The molecule has 0 aliphatic carbocycles. The first kappa shape index (κ1) is 23.9. The van der Waals surface area contributed by atoms with Crippen molar-refractivity contribution in [2.24, 2.45) is 0 Å². The molecule has 0 saturated heterocycles. The summed E-state index contributed by atoms with van der Waals surface area (Å²) in [5.74, 6) is 3.27. The standard InChI is InChI=1S/C28H33N5O3/c1-18(2)21-15-22(31-30-21)28-29-25(19-9-7-6-8-10-19)23-17-32(13-14-33(23)28)16-20-11-12-24(34-3)27(36-5)26(20)35-4/h6-12,15,18H,13-14,16-17H2,1-5H3,(H,30,31). The minimum atomic E-state index is 0.377. The smallest absolute Gasteiger partial charge is 0.203 e. The number of hydrogen-bond acceptors (Lipinski definition) is 6. The Bertz CT molecular complexity index is 1340. The highest BCUT2D eigenvalue weighted by Gasteiger charge is 2.28. The fourth-order valence-electron chi connectivity index (χ4n) is 4.85. The van der Waals surface area contributed by atoms with E-state index in [1.165, 1.54) is 5.69 Å². The quantitative estimate of drug-likeness (QED) is 0.372. The van der Waals surface area contributed by atoms with Crippen LogP contribution in [0, 0.1) is 0 Å². The average Bonchev–Trinajstić information content (AvgIpc) is 3.54. The van der Waals surface area contributed by atoms with Gasteiger partial charge in [-0.1, -0.05) is 50.2 Å². The van der Waals surface area contributed by atoms with Gasteiger partial charge in [0.25, 0.3) is 0 Å². The number of ether oxygens (including phenoxy) is 3. The van der Waals surface area contributed by atoms with Crippen LogP contribution in [0.5, 0.6) is 17.2 Å². The summed E-state index contributed by atoms with van der Waals surface area (Å²) in [7, 11) is 4.94. The van der Waals surface area contributed by atoms with E-state index in [2.05, 4.69) is 63.8 Å². The molecule has 2 aromatic carbocycles. The lowest BCUT2D eigenvalue weighted by Gasteiger charge is -2.30. The molecule has 0 spiro atoms. The first-order chi connectivity index (χ1) is 17.5. The number of imidazole rings is 1. The highest BCUT2D eigenvalue weighted by Crippen LogP contribution is 2.41. The van der Waals surface area contributed by atoms with Crippen molar-refractivity contribution in [2.45, 2.75) is 39.4 Å². The Morgan fingerprint density at radius 2 is 1.72 bits per heavy atom. The normalized spacial score (nSPS) is 13.6. The van der Waals surface area contributed by atoms with Gasteiger partial charge in [-0.3, -0.25) is 10.00 Å². The zero-order chi connectivity index (χ0) is 25.2. The van der Waals surface area contributed by atoms with Crippen LogP contribution in [-0.2, 0) is 19.6 Å². The van der Waals surface area contributed by atoms with Gasteiger partial charge in [-0.05, 0) is 18.1 Å². The van der Waals surface area contributed by atoms with Crippen molar-refractivity contribution in [2.75, 3.05) is 27.9 Å². The summed E-state index contributed by atoms with van der Waals surface area (Å²) >= 11 is 0. The summed E-state index contributed by atoms with van der Waals surface area (Å²) in [5, 5.41) is 7.79. The Morgan fingerprint density at radius 3 is 2.39 bits per heavy atom. The van der Waals surface area contributed by atoms with E-state index in [9.17, 15) is 0 Å². The van der Waals surface area contributed by atoms with E-state index in [1.807, 2.05) is 18.2 Å². The van der Waals surface area contributed by atoms with Gasteiger partial charge in [0, 0.05) is 43.0 Å². The summed E-state index contributed by atoms with van der Waals surface area (Å²) in [6.07, 6.45) is 0. The van der Waals surface area contributed by atoms with Crippen molar-refractivity contribution in [1.29, 1.82) is 0 Å². The van der Waals surface area contributed by atoms with Crippen LogP contribution in [0.2, 0.25) is 0 Å². The van der Waals surface area contributed by atoms with Gasteiger partial charge in [0.05, 0.1) is 32.7 Å². The van der Waals surface area contributed by atoms with Crippen LogP contribution in [0.25, 0.3) is 22.8 Å². The minimum absolute atomic E-state index is 0.377. The molecule has 0 saturated carbocycles. The van der Waals surface area contributed by atoms with Gasteiger partial charge in [0.15, 0.2) is 17.3 Å². The second kappa shape index (κ2) is 10.1. The van der Waals surface area contributed by atoms with Gasteiger partial charge in [-0.2, -0.15) is 5.10 Å². The molecule has 0 fully saturated rings. The zero-order valence-electron chi connectivity index (χ0n) is 21.5. The number of nitrogens with zero attached hydrogens (tertiary/aromatic N) is 4. The summed E-state index contributed by atoms with van der Waals surface area (Å²) in [5.41, 5.74) is 6.36. The zero-order valence-corrected chi connectivity index (χ0v) is 21.5. The number of aromatic amines is 1. The minimum Gasteiger partial charge on any atom is -0.493 e. The van der Waals surface area contributed by atoms with Crippen LogP contribution in [-0.4, -0.2) is 52.5 Å². The lowest BCUT2D eigenvalue weighted by Crippen LogP contribution is -2.33. The van der Waals surface area contributed by atoms with E-state index < -0.39 is 0 Å². The van der Waals surface area contributed by atoms with E-state index >= 15 is 0 Å². The predicted molar refractivity (Wildman–Crippen MR) is 140 cm³/mol. The van der Waals surface area contributed by atoms with Gasteiger partial charge in [-0.25, -0.2) is 4.98 Å². The van der Waals surface area contributed by atoms with Crippen LogP contribution >= 0.6 is 0 Å². The van der Waals surface area contributed by atoms with Crippen LogP contribution in [0.4, 0.5) is 0 Å². The van der Waals surface area contributed by atoms with Gasteiger partial charge >= 0.3 is 0 Å². The second-order valence-corrected chi connectivity index (χ2v) is 9.32. The van der Waals surface area contributed by atoms with Crippen LogP contribution in [0.15, 0.2) is 48.5 Å². The number of H-pyrrole nitrogens is 1. The van der Waals surface area contributed by atoms with Crippen molar-refractivity contribution in [3.63, 3.8) is 0 Å². The summed E-state index contributed by atoms with van der Waals surface area (Å²) in [6, 6.07) is 16.5. The lowest BCUT2D eigenvalue weighted by molar-refractivity contribution is 0.210. The molecule has 2 aromatic heterocycles. The molecule has 0 unspecified atom stereocenters. The molecule has 1 aliphatic rings. The molecule has 3 heterocycles. The number of fused-ring (bicyclic) bond motifs is 1. The van der Waals surface area contributed by atoms with Gasteiger partial charge in [0.2, 0.25) is 5.75 Å². The molecule has 8 heteroatoms. The summed E-state index contributed by atoms with van der Waals surface area (Å²) in [4.78, 5) is 7.54. The molecule has 4 aromatic rings. The van der Waals surface area contributed by atoms with E-state index in [0.717, 1.165) is 60.2 Å². The van der Waals surface area contributed by atoms with Gasteiger partial charge in [0.1, 0.15) is 5.69 Å². The van der Waals surface area contributed by atoms with E-state index in [4.69, 9.17) is 19.2 Å². The Hall–Kier alpha value is -3.78. The fourth-order valence-corrected chi connectivity index (χ4v) is 4.85. The Labute approximate surface area is 211 Å². The Balaban J connectivity index is 1.51. The second-order valence-electron chi connectivity index (χ2n) is 9.32. The Kier molecular flexibility index (Phi) is 6.69. The van der Waals surface area contributed by atoms with Crippen LogP contribution in [0.3, 0.4) is 0 Å². The largest absolute Gasteiger partial charge is 0.493 e. The number of aromatic nitrogens is 4. The third kappa shape index (κ3) is 4.33. The molecule has 1 aliphatic heterocycles. The topological polar surface area (TPSA) is 77.4 Å². The van der Waals surface area contributed by atoms with Crippen LogP contribution < -0.4 is 14.2 Å². The molecule has 36 heavy (non-hydrogen) atoms. The van der Waals surface area contributed by atoms with Crippen molar-refractivity contribution in [1.82, 2.24) is 24.6 Å². The first-order valence-corrected chi connectivity index (χ1v) is 12.2. The molecular weight excluding hydrogens is 454 g/mol. The summed E-state index contributed by atoms with van der Waals surface area (Å²) < 4.78 is 19.1. The van der Waals surface area contributed by atoms with E-state index in [1.54, 1.807) is 21.3 Å². The number of benzene rings is 2. The highest BCUT2D eigenvalue weighted by molar-refractivity contribution is 5.67. The monoisotopic (exact) mass is 487 g/mol. The van der Waals surface area contributed by atoms with Gasteiger partial charge in [-0.15, -0.1) is 0 Å². The molecule has 8 nitrogen and oxygen atoms in total. The number of hydrogen-bond donors (Lipinski definition) is 1. The number of rotatable bonds is 8. The maximum atomic E-state index is 5.74. The third-order valence-corrected chi connectivity index (χ3v) is 6.76. The highest BCUT2D eigenvalue weighted by atomic mass is 16.5. The molecular formula is C28H33N5O3. The third-order valence-electron chi connectivity index (χ3n) is 6.76. The SMILES string of the molecule is COc1ccc(CN2CCn3c(-c4cc(C(C)C)[nH]n4)nc(-c4ccccc4)c3C2)c(OC)c1OC. The molecule has 188 valence electrons. The predicted octanol–water partition coefficient (Wildman–Crippen LogP) is 5.11. The van der Waals surface area contributed by atoms with Crippen molar-refractivity contribution in [3.05, 3.63) is 65.5 Å². The maximum Gasteiger partial charge on any atom is 0.203 e. The fraction of sp³-hybridized carbons (Fsp3) is 0.357. The maximum absolute atomic E-state index is 5.74. The molecule has 0 amide bonds. The lowest BCUT2D eigenvalue weighted by atomic mass is 10.1. The van der Waals surface area contributed by atoms with Crippen molar-refractivity contribution >= 4 is 0 Å². The van der Waals surface area contributed by atoms with E-state index in [-0.39, 0.29) is 0 Å². The number of methoxy groups -OCH3 is 3. The van der Waals surface area contributed by atoms with Crippen LogP contribution in [0.1, 0.15) is 36.7 Å². The average molecular weight is 488 g/mol. The molecule has 0 bridgehead atoms. The van der Waals surface area contributed by atoms with Gasteiger partial charge < -0.3 is 18.8 Å². The van der Waals surface area contributed by atoms with E-state index in [0.29, 0.717) is 23.2 Å². The Morgan fingerprint density at radius 1 is 0.944 bits per heavy atom. The van der Waals surface area contributed by atoms with Crippen molar-refractivity contribution in [3.8, 4) is 40.0 Å². The first-order valence-electron chi connectivity index (χ1n) is 12.2. The molecule has 0 atom stereocenters. The molecule has 1 N–H and O–H groups in total. The molecule has 0 radical (unpaired) electrons. The molecule has 5 rings (SSSR count). The van der Waals surface area contributed by atoms with Crippen molar-refractivity contribution < 1.29 is 14.2 Å².